The van der Waals surface area contributed by atoms with Crippen molar-refractivity contribution in [3.8, 4) is 5.75 Å². The molecule has 90 valence electrons. The van der Waals surface area contributed by atoms with Gasteiger partial charge < -0.3 is 16.2 Å². The summed E-state index contributed by atoms with van der Waals surface area (Å²) in [6, 6.07) is 14.3. The lowest BCUT2D eigenvalue weighted by molar-refractivity contribution is 0.415. The highest BCUT2D eigenvalue weighted by Crippen LogP contribution is 2.11. The highest BCUT2D eigenvalue weighted by Gasteiger charge is 1.86. The van der Waals surface area contributed by atoms with Gasteiger partial charge in [-0.15, -0.1) is 0 Å². The summed E-state index contributed by atoms with van der Waals surface area (Å²) in [6.07, 6.45) is 0. The van der Waals surface area contributed by atoms with Crippen molar-refractivity contribution in [2.75, 3.05) is 18.6 Å². The topological polar surface area (TPSA) is 61.3 Å². The monoisotopic (exact) mass is 250 g/mol. The van der Waals surface area contributed by atoms with Crippen LogP contribution in [0.25, 0.3) is 0 Å². The first-order valence-electron chi connectivity index (χ1n) is 5.02. The molecule has 0 amide bonds. The smallest absolute Gasteiger partial charge is 0.119 e. The Morgan fingerprint density at radius 3 is 1.59 bits per heavy atom. The highest BCUT2D eigenvalue weighted by molar-refractivity contribution is 6.30. The van der Waals surface area contributed by atoms with Crippen LogP contribution in [0.15, 0.2) is 48.5 Å². The number of hydrogen-bond donors (Lipinski definition) is 2. The number of nitrogens with two attached hydrogens (primary N) is 2. The quantitative estimate of drug-likeness (QED) is 0.764. The van der Waals surface area contributed by atoms with Crippen LogP contribution in [-0.4, -0.2) is 7.11 Å². The van der Waals surface area contributed by atoms with Crippen molar-refractivity contribution >= 4 is 23.0 Å². The second kappa shape index (κ2) is 6.66. The lowest BCUT2D eigenvalue weighted by Gasteiger charge is -1.97. The lowest BCUT2D eigenvalue weighted by Crippen LogP contribution is -1.84. The lowest BCUT2D eigenvalue weighted by atomic mass is 10.3. The van der Waals surface area contributed by atoms with E-state index in [4.69, 9.17) is 27.8 Å². The minimum absolute atomic E-state index is 0.721. The second-order valence-electron chi connectivity index (χ2n) is 3.32. The SMILES string of the molecule is COc1ccc(N)cc1.Nc1ccc(Cl)cc1. The maximum atomic E-state index is 5.56. The van der Waals surface area contributed by atoms with Crippen molar-refractivity contribution in [1.82, 2.24) is 0 Å². The van der Waals surface area contributed by atoms with Gasteiger partial charge in [-0.2, -0.15) is 0 Å². The number of benzene rings is 2. The van der Waals surface area contributed by atoms with Gasteiger partial charge in [-0.05, 0) is 48.5 Å². The van der Waals surface area contributed by atoms with Gasteiger partial charge in [-0.3, -0.25) is 0 Å². The summed E-state index contributed by atoms with van der Waals surface area (Å²) in [7, 11) is 1.63. The first-order valence-corrected chi connectivity index (χ1v) is 5.40. The molecule has 0 aliphatic carbocycles. The van der Waals surface area contributed by atoms with Gasteiger partial charge in [0.2, 0.25) is 0 Å². The van der Waals surface area contributed by atoms with Crippen LogP contribution in [0.2, 0.25) is 5.02 Å². The van der Waals surface area contributed by atoms with Crippen molar-refractivity contribution in [2.24, 2.45) is 0 Å². The normalized spacial score (nSPS) is 9.06. The summed E-state index contributed by atoms with van der Waals surface area (Å²) in [6.45, 7) is 0. The fourth-order valence-corrected chi connectivity index (χ4v) is 1.19. The Morgan fingerprint density at radius 2 is 1.24 bits per heavy atom. The van der Waals surface area contributed by atoms with Gasteiger partial charge in [0, 0.05) is 16.4 Å². The van der Waals surface area contributed by atoms with E-state index in [9.17, 15) is 0 Å². The van der Waals surface area contributed by atoms with E-state index in [-0.39, 0.29) is 0 Å². The molecule has 0 saturated heterocycles. The molecule has 0 unspecified atom stereocenters. The Labute approximate surface area is 106 Å². The van der Waals surface area contributed by atoms with E-state index in [1.54, 1.807) is 43.5 Å². The van der Waals surface area contributed by atoms with Crippen molar-refractivity contribution in [3.05, 3.63) is 53.6 Å². The van der Waals surface area contributed by atoms with E-state index in [2.05, 4.69) is 0 Å². The molecule has 4 heteroatoms. The van der Waals surface area contributed by atoms with Crippen LogP contribution in [0.5, 0.6) is 5.75 Å². The van der Waals surface area contributed by atoms with Crippen LogP contribution < -0.4 is 16.2 Å². The minimum atomic E-state index is 0.721. The van der Waals surface area contributed by atoms with Crippen LogP contribution in [0, 0.1) is 0 Å². The van der Waals surface area contributed by atoms with Crippen molar-refractivity contribution in [1.29, 1.82) is 0 Å². The molecule has 0 spiro atoms. The van der Waals surface area contributed by atoms with E-state index in [0.29, 0.717) is 0 Å². The van der Waals surface area contributed by atoms with Gasteiger partial charge >= 0.3 is 0 Å². The summed E-state index contributed by atoms with van der Waals surface area (Å²) >= 11 is 5.56. The van der Waals surface area contributed by atoms with E-state index in [1.807, 2.05) is 12.1 Å². The van der Waals surface area contributed by atoms with Crippen molar-refractivity contribution in [3.63, 3.8) is 0 Å². The molecule has 2 rings (SSSR count). The van der Waals surface area contributed by atoms with E-state index in [0.717, 1.165) is 22.1 Å². The molecule has 0 saturated carbocycles. The predicted molar refractivity (Wildman–Crippen MR) is 73.3 cm³/mol. The summed E-state index contributed by atoms with van der Waals surface area (Å²) in [4.78, 5) is 0. The molecular weight excluding hydrogens is 236 g/mol. The maximum Gasteiger partial charge on any atom is 0.119 e. The number of ether oxygens (including phenoxy) is 1. The van der Waals surface area contributed by atoms with E-state index >= 15 is 0 Å². The zero-order valence-corrected chi connectivity index (χ0v) is 10.3. The molecule has 0 heterocycles. The van der Waals surface area contributed by atoms with Gasteiger partial charge in [0.1, 0.15) is 5.75 Å². The zero-order valence-electron chi connectivity index (χ0n) is 9.56. The molecule has 0 atom stereocenters. The number of halogens is 1. The molecule has 0 aromatic heterocycles. The predicted octanol–water partition coefficient (Wildman–Crippen LogP) is 3.20. The Kier molecular flexibility index (Phi) is 5.17. The Hall–Kier alpha value is -1.87. The molecule has 0 radical (unpaired) electrons. The Morgan fingerprint density at radius 1 is 0.824 bits per heavy atom. The van der Waals surface area contributed by atoms with Crippen LogP contribution in [0.4, 0.5) is 11.4 Å². The molecule has 2 aromatic rings. The summed E-state index contributed by atoms with van der Waals surface area (Å²) in [5.74, 6) is 0.837. The van der Waals surface area contributed by atoms with Crippen molar-refractivity contribution in [2.45, 2.75) is 0 Å². The third-order valence-corrected chi connectivity index (χ3v) is 2.24. The summed E-state index contributed by atoms with van der Waals surface area (Å²) in [5.41, 5.74) is 12.3. The van der Waals surface area contributed by atoms with E-state index in [1.165, 1.54) is 0 Å². The number of nitrogen functional groups attached to an aromatic ring is 2. The number of rotatable bonds is 1. The van der Waals surface area contributed by atoms with Crippen LogP contribution in [0.3, 0.4) is 0 Å². The minimum Gasteiger partial charge on any atom is -0.497 e. The zero-order chi connectivity index (χ0) is 12.7. The first kappa shape index (κ1) is 13.2. The summed E-state index contributed by atoms with van der Waals surface area (Å²) < 4.78 is 4.91. The van der Waals surface area contributed by atoms with Crippen LogP contribution in [-0.2, 0) is 0 Å². The molecule has 0 aliphatic rings. The van der Waals surface area contributed by atoms with Gasteiger partial charge in [-0.25, -0.2) is 0 Å². The fourth-order valence-electron chi connectivity index (χ4n) is 1.07. The standard InChI is InChI=1S/C7H9NO.C6H6ClN/c1-9-7-4-2-6(8)3-5-7;7-5-1-3-6(8)4-2-5/h2-5H,8H2,1H3;1-4H,8H2. The van der Waals surface area contributed by atoms with Gasteiger partial charge in [0.05, 0.1) is 7.11 Å². The number of methoxy groups -OCH3 is 1. The summed E-state index contributed by atoms with van der Waals surface area (Å²) in [5, 5.41) is 0.721. The largest absolute Gasteiger partial charge is 0.497 e. The second-order valence-corrected chi connectivity index (χ2v) is 3.76. The first-order chi connectivity index (χ1) is 8.11. The molecule has 0 aliphatic heterocycles. The van der Waals surface area contributed by atoms with Crippen molar-refractivity contribution < 1.29 is 4.74 Å². The maximum absolute atomic E-state index is 5.56. The molecule has 2 aromatic carbocycles. The van der Waals surface area contributed by atoms with Crippen LogP contribution in [0.1, 0.15) is 0 Å². The number of hydrogen-bond acceptors (Lipinski definition) is 3. The number of anilines is 2. The molecule has 4 N–H and O–H groups in total. The van der Waals surface area contributed by atoms with Crippen LogP contribution >= 0.6 is 11.6 Å². The molecule has 17 heavy (non-hydrogen) atoms. The van der Waals surface area contributed by atoms with Gasteiger partial charge in [-0.1, -0.05) is 11.6 Å². The van der Waals surface area contributed by atoms with E-state index < -0.39 is 0 Å². The average Bonchev–Trinajstić information content (AvgIpc) is 2.35. The Bertz CT molecular complexity index is 419. The highest BCUT2D eigenvalue weighted by atomic mass is 35.5. The molecule has 0 fully saturated rings. The van der Waals surface area contributed by atoms with Gasteiger partial charge in [0.15, 0.2) is 0 Å². The molecular formula is C13H15ClN2O. The third-order valence-electron chi connectivity index (χ3n) is 1.99. The third kappa shape index (κ3) is 5.13. The van der Waals surface area contributed by atoms with Gasteiger partial charge in [0.25, 0.3) is 0 Å². The fraction of sp³-hybridized carbons (Fsp3) is 0.0769. The molecule has 0 bridgehead atoms. The Balaban J connectivity index is 0.000000171. The molecule has 3 nitrogen and oxygen atoms in total. The average molecular weight is 251 g/mol.